The number of aromatic carboxylic acids is 1. The van der Waals surface area contributed by atoms with E-state index in [0.29, 0.717) is 11.7 Å². The molecule has 1 atom stereocenters. The Labute approximate surface area is 165 Å². The number of sulfonamides is 1. The molecule has 0 aliphatic carbocycles. The number of benzene rings is 1. The highest BCUT2D eigenvalue weighted by molar-refractivity contribution is 7.92. The summed E-state index contributed by atoms with van der Waals surface area (Å²) >= 11 is 0. The standard InChI is InChI=1S/C20H25N3O4S/c1-3-15-6-8-17(9-7-15)28(26,27)22-18-11-16(20(24)25)12-21-19(18)23-10-4-5-14(2)13-23/h6-9,11-12,14,22H,3-5,10,13H2,1-2H3,(H,24,25). The molecule has 1 saturated heterocycles. The fourth-order valence-electron chi connectivity index (χ4n) is 3.39. The molecule has 1 aliphatic rings. The summed E-state index contributed by atoms with van der Waals surface area (Å²) < 4.78 is 28.3. The fraction of sp³-hybridized carbons (Fsp3) is 0.400. The maximum Gasteiger partial charge on any atom is 0.337 e. The number of carboxylic acids is 1. The number of nitrogens with zero attached hydrogens (tertiary/aromatic N) is 2. The predicted molar refractivity (Wildman–Crippen MR) is 108 cm³/mol. The number of pyridine rings is 1. The van der Waals surface area contributed by atoms with Crippen LogP contribution in [0.15, 0.2) is 41.4 Å². The van der Waals surface area contributed by atoms with Crippen molar-refractivity contribution in [3.05, 3.63) is 47.7 Å². The Bertz CT molecular complexity index is 958. The Morgan fingerprint density at radius 2 is 2.04 bits per heavy atom. The summed E-state index contributed by atoms with van der Waals surface area (Å²) in [6.07, 6.45) is 4.17. The highest BCUT2D eigenvalue weighted by Crippen LogP contribution is 2.30. The molecule has 1 fully saturated rings. The minimum atomic E-state index is -3.87. The van der Waals surface area contributed by atoms with Gasteiger partial charge in [0.1, 0.15) is 0 Å². The van der Waals surface area contributed by atoms with E-state index in [1.807, 2.05) is 11.8 Å². The molecule has 28 heavy (non-hydrogen) atoms. The second-order valence-corrected chi connectivity index (χ2v) is 8.88. The van der Waals surface area contributed by atoms with Crippen molar-refractivity contribution in [2.75, 3.05) is 22.7 Å². The van der Waals surface area contributed by atoms with E-state index in [1.54, 1.807) is 24.3 Å². The number of aryl methyl sites for hydroxylation is 1. The summed E-state index contributed by atoms with van der Waals surface area (Å²) in [5.41, 5.74) is 1.16. The van der Waals surface area contributed by atoms with Crippen LogP contribution in [0.4, 0.5) is 11.5 Å². The SMILES string of the molecule is CCc1ccc(S(=O)(=O)Nc2cc(C(=O)O)cnc2N2CCCC(C)C2)cc1. The Kier molecular flexibility index (Phi) is 5.88. The van der Waals surface area contributed by atoms with Crippen molar-refractivity contribution in [2.24, 2.45) is 5.92 Å². The van der Waals surface area contributed by atoms with Gasteiger partial charge >= 0.3 is 5.97 Å². The lowest BCUT2D eigenvalue weighted by molar-refractivity contribution is 0.0696. The molecule has 8 heteroatoms. The normalized spacial score (nSPS) is 17.4. The number of nitrogens with one attached hydrogen (secondary N) is 1. The fourth-order valence-corrected chi connectivity index (χ4v) is 4.44. The Morgan fingerprint density at radius 1 is 1.32 bits per heavy atom. The van der Waals surface area contributed by atoms with E-state index in [9.17, 15) is 18.3 Å². The predicted octanol–water partition coefficient (Wildman–Crippen LogP) is 3.38. The highest BCUT2D eigenvalue weighted by atomic mass is 32.2. The smallest absolute Gasteiger partial charge is 0.337 e. The average molecular weight is 404 g/mol. The van der Waals surface area contributed by atoms with Gasteiger partial charge in [-0.2, -0.15) is 0 Å². The molecule has 1 aliphatic heterocycles. The first-order chi connectivity index (χ1) is 13.3. The van der Waals surface area contributed by atoms with Crippen LogP contribution in [0.3, 0.4) is 0 Å². The number of anilines is 2. The topological polar surface area (TPSA) is 99.6 Å². The number of carbonyl (C=O) groups is 1. The van der Waals surface area contributed by atoms with Gasteiger partial charge < -0.3 is 10.0 Å². The van der Waals surface area contributed by atoms with E-state index in [2.05, 4.69) is 16.6 Å². The molecule has 2 N–H and O–H groups in total. The van der Waals surface area contributed by atoms with Gasteiger partial charge in [-0.05, 0) is 48.9 Å². The molecular formula is C20H25N3O4S. The van der Waals surface area contributed by atoms with Crippen LogP contribution in [0.2, 0.25) is 0 Å². The summed E-state index contributed by atoms with van der Waals surface area (Å²) in [7, 11) is -3.87. The lowest BCUT2D eigenvalue weighted by Crippen LogP contribution is -2.35. The van der Waals surface area contributed by atoms with Crippen molar-refractivity contribution in [1.29, 1.82) is 0 Å². The zero-order valence-corrected chi connectivity index (χ0v) is 16.9. The zero-order valence-electron chi connectivity index (χ0n) is 16.1. The molecule has 150 valence electrons. The molecule has 0 spiro atoms. The van der Waals surface area contributed by atoms with E-state index in [1.165, 1.54) is 12.3 Å². The number of piperidine rings is 1. The molecule has 3 rings (SSSR count). The van der Waals surface area contributed by atoms with Gasteiger partial charge in [-0.15, -0.1) is 0 Å². The third-order valence-electron chi connectivity index (χ3n) is 4.96. The average Bonchev–Trinajstić information content (AvgIpc) is 2.67. The number of aromatic nitrogens is 1. The number of rotatable bonds is 6. The van der Waals surface area contributed by atoms with Crippen molar-refractivity contribution >= 4 is 27.5 Å². The molecule has 0 radical (unpaired) electrons. The van der Waals surface area contributed by atoms with Gasteiger partial charge in [0.05, 0.1) is 16.1 Å². The molecule has 1 unspecified atom stereocenters. The van der Waals surface area contributed by atoms with E-state index in [0.717, 1.165) is 37.9 Å². The molecule has 0 bridgehead atoms. The summed E-state index contributed by atoms with van der Waals surface area (Å²) in [5.74, 6) is -0.232. The molecule has 1 aromatic heterocycles. The summed E-state index contributed by atoms with van der Waals surface area (Å²) in [5, 5.41) is 9.29. The number of carboxylic acid groups (broad SMARTS) is 1. The quantitative estimate of drug-likeness (QED) is 0.767. The van der Waals surface area contributed by atoms with E-state index in [4.69, 9.17) is 0 Å². The van der Waals surface area contributed by atoms with Crippen molar-refractivity contribution in [3.63, 3.8) is 0 Å². The largest absolute Gasteiger partial charge is 0.478 e. The van der Waals surface area contributed by atoms with Crippen LogP contribution in [0.1, 0.15) is 42.6 Å². The molecule has 1 aromatic carbocycles. The lowest BCUT2D eigenvalue weighted by atomic mass is 10.0. The van der Waals surface area contributed by atoms with Gasteiger partial charge in [0.2, 0.25) is 0 Å². The van der Waals surface area contributed by atoms with Gasteiger partial charge in [0.25, 0.3) is 10.0 Å². The third-order valence-corrected chi connectivity index (χ3v) is 6.34. The van der Waals surface area contributed by atoms with Gasteiger partial charge in [-0.1, -0.05) is 26.0 Å². The van der Waals surface area contributed by atoms with E-state index >= 15 is 0 Å². The zero-order chi connectivity index (χ0) is 20.3. The van der Waals surface area contributed by atoms with Gasteiger partial charge in [0, 0.05) is 19.3 Å². The second kappa shape index (κ2) is 8.18. The molecule has 7 nitrogen and oxygen atoms in total. The molecule has 2 heterocycles. The maximum absolute atomic E-state index is 12.9. The maximum atomic E-state index is 12.9. The van der Waals surface area contributed by atoms with Crippen LogP contribution in [-0.4, -0.2) is 37.6 Å². The first-order valence-electron chi connectivity index (χ1n) is 9.40. The molecule has 2 aromatic rings. The molecular weight excluding hydrogens is 378 g/mol. The molecule has 0 saturated carbocycles. The van der Waals surface area contributed by atoms with Crippen LogP contribution in [0.5, 0.6) is 0 Å². The van der Waals surface area contributed by atoms with Crippen molar-refractivity contribution in [2.45, 2.75) is 38.0 Å². The number of hydrogen-bond donors (Lipinski definition) is 2. The highest BCUT2D eigenvalue weighted by Gasteiger charge is 2.24. The van der Waals surface area contributed by atoms with Gasteiger partial charge in [-0.3, -0.25) is 4.72 Å². The van der Waals surface area contributed by atoms with E-state index in [-0.39, 0.29) is 16.1 Å². The van der Waals surface area contributed by atoms with Crippen LogP contribution < -0.4 is 9.62 Å². The van der Waals surface area contributed by atoms with E-state index < -0.39 is 16.0 Å². The summed E-state index contributed by atoms with van der Waals surface area (Å²) in [6.45, 7) is 5.64. The van der Waals surface area contributed by atoms with Crippen molar-refractivity contribution in [1.82, 2.24) is 4.98 Å². The Hall–Kier alpha value is -2.61. The minimum absolute atomic E-state index is 0.0622. The molecule has 0 amide bonds. The third kappa shape index (κ3) is 4.44. The Morgan fingerprint density at radius 3 is 2.64 bits per heavy atom. The Balaban J connectivity index is 1.97. The monoisotopic (exact) mass is 403 g/mol. The second-order valence-electron chi connectivity index (χ2n) is 7.20. The lowest BCUT2D eigenvalue weighted by Gasteiger charge is -2.33. The van der Waals surface area contributed by atoms with Crippen LogP contribution >= 0.6 is 0 Å². The minimum Gasteiger partial charge on any atom is -0.478 e. The number of hydrogen-bond acceptors (Lipinski definition) is 5. The first kappa shape index (κ1) is 20.1. The van der Waals surface area contributed by atoms with Crippen LogP contribution in [-0.2, 0) is 16.4 Å². The van der Waals surface area contributed by atoms with Crippen LogP contribution in [0.25, 0.3) is 0 Å². The summed E-state index contributed by atoms with van der Waals surface area (Å²) in [6, 6.07) is 7.99. The van der Waals surface area contributed by atoms with Crippen molar-refractivity contribution in [3.8, 4) is 0 Å². The summed E-state index contributed by atoms with van der Waals surface area (Å²) in [4.78, 5) is 17.8. The van der Waals surface area contributed by atoms with Crippen molar-refractivity contribution < 1.29 is 18.3 Å². The van der Waals surface area contributed by atoms with Gasteiger partial charge in [0.15, 0.2) is 5.82 Å². The van der Waals surface area contributed by atoms with Gasteiger partial charge in [-0.25, -0.2) is 18.2 Å². The first-order valence-corrected chi connectivity index (χ1v) is 10.9. The van der Waals surface area contributed by atoms with Crippen LogP contribution in [0, 0.1) is 5.92 Å².